The number of hydrogen-bond acceptors (Lipinski definition) is 2. The van der Waals surface area contributed by atoms with E-state index in [0.717, 1.165) is 24.2 Å². The zero-order valence-electron chi connectivity index (χ0n) is 14.0. The predicted molar refractivity (Wildman–Crippen MR) is 96.9 cm³/mol. The average molecular weight is 296 g/mol. The van der Waals surface area contributed by atoms with Crippen LogP contribution in [0.2, 0.25) is 0 Å². The van der Waals surface area contributed by atoms with Gasteiger partial charge < -0.3 is 11.5 Å². The third-order valence-electron chi connectivity index (χ3n) is 4.92. The molecule has 1 atom stereocenters. The van der Waals surface area contributed by atoms with Crippen molar-refractivity contribution in [1.29, 1.82) is 0 Å². The molecular formula is C20H28N2. The van der Waals surface area contributed by atoms with Crippen molar-refractivity contribution in [3.8, 4) is 0 Å². The van der Waals surface area contributed by atoms with Gasteiger partial charge >= 0.3 is 0 Å². The van der Waals surface area contributed by atoms with Crippen molar-refractivity contribution in [2.75, 3.05) is 11.5 Å². The van der Waals surface area contributed by atoms with Crippen molar-refractivity contribution in [2.45, 2.75) is 45.4 Å². The number of nitrogen functional groups attached to an aromatic ring is 2. The zero-order valence-corrected chi connectivity index (χ0v) is 14.0. The molecule has 2 nitrogen and oxygen atoms in total. The molecule has 0 fully saturated rings. The molecule has 0 heterocycles. The Morgan fingerprint density at radius 2 is 1.23 bits per heavy atom. The summed E-state index contributed by atoms with van der Waals surface area (Å²) in [7, 11) is 0. The van der Waals surface area contributed by atoms with Gasteiger partial charge in [-0.25, -0.2) is 0 Å². The molecule has 0 saturated carbocycles. The second-order valence-corrected chi connectivity index (χ2v) is 6.40. The minimum absolute atomic E-state index is 0.0246. The van der Waals surface area contributed by atoms with E-state index in [4.69, 9.17) is 11.5 Å². The lowest BCUT2D eigenvalue weighted by Gasteiger charge is -2.36. The molecule has 2 heteroatoms. The average Bonchev–Trinajstić information content (AvgIpc) is 2.54. The van der Waals surface area contributed by atoms with Gasteiger partial charge in [-0.05, 0) is 54.2 Å². The number of anilines is 2. The smallest absolute Gasteiger partial charge is 0.0314 e. The van der Waals surface area contributed by atoms with Crippen LogP contribution in [0, 0.1) is 5.92 Å². The van der Waals surface area contributed by atoms with Gasteiger partial charge in [0.1, 0.15) is 0 Å². The third-order valence-corrected chi connectivity index (χ3v) is 4.92. The van der Waals surface area contributed by atoms with Crippen LogP contribution in [0.4, 0.5) is 11.4 Å². The highest BCUT2D eigenvalue weighted by Crippen LogP contribution is 2.42. The van der Waals surface area contributed by atoms with Crippen LogP contribution in [0.15, 0.2) is 48.5 Å². The van der Waals surface area contributed by atoms with E-state index < -0.39 is 0 Å². The van der Waals surface area contributed by atoms with E-state index in [2.05, 4.69) is 45.0 Å². The molecule has 2 rings (SSSR count). The van der Waals surface area contributed by atoms with E-state index in [1.807, 2.05) is 24.3 Å². The summed E-state index contributed by atoms with van der Waals surface area (Å²) >= 11 is 0. The number of nitrogens with two attached hydrogens (primary N) is 2. The first-order chi connectivity index (χ1) is 10.5. The van der Waals surface area contributed by atoms with E-state index in [-0.39, 0.29) is 5.41 Å². The molecule has 0 aromatic heterocycles. The second kappa shape index (κ2) is 6.87. The lowest BCUT2D eigenvalue weighted by Crippen LogP contribution is -2.29. The Bertz CT molecular complexity index is 539. The molecule has 118 valence electrons. The normalized spacial score (nSPS) is 13.0. The van der Waals surface area contributed by atoms with Gasteiger partial charge in [-0.3, -0.25) is 0 Å². The first-order valence-electron chi connectivity index (χ1n) is 8.24. The van der Waals surface area contributed by atoms with Gasteiger partial charge in [-0.2, -0.15) is 0 Å². The molecule has 0 saturated heterocycles. The molecule has 4 N–H and O–H groups in total. The first kappa shape index (κ1) is 16.4. The summed E-state index contributed by atoms with van der Waals surface area (Å²) < 4.78 is 0. The maximum atomic E-state index is 5.88. The summed E-state index contributed by atoms with van der Waals surface area (Å²) in [5, 5.41) is 0. The SMILES string of the molecule is CCC(C)CC(CC)(c1ccc(N)cc1)c1ccc(N)cc1. The maximum Gasteiger partial charge on any atom is 0.0314 e. The van der Waals surface area contributed by atoms with Gasteiger partial charge in [0.2, 0.25) is 0 Å². The fourth-order valence-electron chi connectivity index (χ4n) is 3.30. The molecule has 0 spiro atoms. The van der Waals surface area contributed by atoms with Crippen LogP contribution >= 0.6 is 0 Å². The van der Waals surface area contributed by atoms with Gasteiger partial charge in [0.05, 0.1) is 0 Å². The molecule has 22 heavy (non-hydrogen) atoms. The van der Waals surface area contributed by atoms with E-state index in [9.17, 15) is 0 Å². The van der Waals surface area contributed by atoms with Crippen molar-refractivity contribution < 1.29 is 0 Å². The monoisotopic (exact) mass is 296 g/mol. The molecule has 0 aliphatic rings. The van der Waals surface area contributed by atoms with Gasteiger partial charge in [0.25, 0.3) is 0 Å². The Balaban J connectivity index is 2.55. The predicted octanol–water partition coefficient (Wildman–Crippen LogP) is 4.98. The van der Waals surface area contributed by atoms with Gasteiger partial charge in [-0.1, -0.05) is 51.5 Å². The third kappa shape index (κ3) is 3.27. The highest BCUT2D eigenvalue weighted by molar-refractivity contribution is 5.48. The Morgan fingerprint density at radius 1 is 0.818 bits per heavy atom. The largest absolute Gasteiger partial charge is 0.399 e. The zero-order chi connectivity index (χ0) is 16.2. The summed E-state index contributed by atoms with van der Waals surface area (Å²) in [4.78, 5) is 0. The fourth-order valence-corrected chi connectivity index (χ4v) is 3.30. The highest BCUT2D eigenvalue weighted by atomic mass is 14.5. The Kier molecular flexibility index (Phi) is 5.12. The summed E-state index contributed by atoms with van der Waals surface area (Å²) in [6.07, 6.45) is 3.38. The first-order valence-corrected chi connectivity index (χ1v) is 8.24. The quantitative estimate of drug-likeness (QED) is 0.738. The van der Waals surface area contributed by atoms with Crippen molar-refractivity contribution in [1.82, 2.24) is 0 Å². The number of rotatable bonds is 6. The van der Waals surface area contributed by atoms with E-state index in [1.165, 1.54) is 17.5 Å². The lowest BCUT2D eigenvalue weighted by atomic mass is 9.67. The molecule has 2 aromatic carbocycles. The summed E-state index contributed by atoms with van der Waals surface area (Å²) in [6, 6.07) is 16.7. The van der Waals surface area contributed by atoms with Crippen molar-refractivity contribution in [2.24, 2.45) is 5.92 Å². The van der Waals surface area contributed by atoms with Gasteiger partial charge in [-0.15, -0.1) is 0 Å². The Hall–Kier alpha value is -1.96. The van der Waals surface area contributed by atoms with Crippen LogP contribution in [-0.2, 0) is 5.41 Å². The maximum absolute atomic E-state index is 5.88. The van der Waals surface area contributed by atoms with Crippen molar-refractivity contribution in [3.05, 3.63) is 59.7 Å². The second-order valence-electron chi connectivity index (χ2n) is 6.40. The molecule has 0 amide bonds. The van der Waals surface area contributed by atoms with Crippen LogP contribution in [0.25, 0.3) is 0 Å². The standard InChI is InChI=1S/C20H28N2/c1-4-15(3)14-20(5-2,16-6-10-18(21)11-7-16)17-8-12-19(22)13-9-17/h6-13,15H,4-5,14,21-22H2,1-3H3. The van der Waals surface area contributed by atoms with E-state index >= 15 is 0 Å². The minimum atomic E-state index is 0.0246. The topological polar surface area (TPSA) is 52.0 Å². The van der Waals surface area contributed by atoms with Crippen LogP contribution < -0.4 is 11.5 Å². The molecule has 0 radical (unpaired) electrons. The molecule has 2 aromatic rings. The van der Waals surface area contributed by atoms with Gasteiger partial charge in [0, 0.05) is 16.8 Å². The fraction of sp³-hybridized carbons (Fsp3) is 0.400. The minimum Gasteiger partial charge on any atom is -0.399 e. The molecular weight excluding hydrogens is 268 g/mol. The van der Waals surface area contributed by atoms with Crippen molar-refractivity contribution >= 4 is 11.4 Å². The van der Waals surface area contributed by atoms with Crippen LogP contribution in [0.1, 0.15) is 51.2 Å². The number of hydrogen-bond donors (Lipinski definition) is 2. The highest BCUT2D eigenvalue weighted by Gasteiger charge is 2.33. The van der Waals surface area contributed by atoms with E-state index in [1.54, 1.807) is 0 Å². The summed E-state index contributed by atoms with van der Waals surface area (Å²) in [5.74, 6) is 0.662. The van der Waals surface area contributed by atoms with Crippen molar-refractivity contribution in [3.63, 3.8) is 0 Å². The lowest BCUT2D eigenvalue weighted by molar-refractivity contribution is 0.361. The molecule has 0 aliphatic carbocycles. The van der Waals surface area contributed by atoms with Crippen LogP contribution in [0.3, 0.4) is 0 Å². The van der Waals surface area contributed by atoms with Crippen LogP contribution in [-0.4, -0.2) is 0 Å². The Labute approximate surface area is 134 Å². The summed E-state index contributed by atoms with van der Waals surface area (Å²) in [5.41, 5.74) is 16.1. The van der Waals surface area contributed by atoms with E-state index in [0.29, 0.717) is 5.92 Å². The van der Waals surface area contributed by atoms with Crippen LogP contribution in [0.5, 0.6) is 0 Å². The molecule has 1 unspecified atom stereocenters. The Morgan fingerprint density at radius 3 is 1.55 bits per heavy atom. The molecule has 0 aliphatic heterocycles. The number of benzene rings is 2. The summed E-state index contributed by atoms with van der Waals surface area (Å²) in [6.45, 7) is 6.87. The molecule has 0 bridgehead atoms. The van der Waals surface area contributed by atoms with Gasteiger partial charge in [0.15, 0.2) is 0 Å².